The molecule has 0 atom stereocenters. The van der Waals surface area contributed by atoms with Gasteiger partial charge in [-0.3, -0.25) is 4.57 Å². The lowest BCUT2D eigenvalue weighted by Crippen LogP contribution is -2.02. The van der Waals surface area contributed by atoms with Gasteiger partial charge in [0.1, 0.15) is 5.82 Å². The minimum Gasteiger partial charge on any atom is -0.292 e. The molecule has 1 aliphatic rings. The van der Waals surface area contributed by atoms with E-state index in [1.165, 1.54) is 38.2 Å². The Bertz CT molecular complexity index is 1860. The Kier molecular flexibility index (Phi) is 4.93. The lowest BCUT2D eigenvalue weighted by atomic mass is 9.88. The van der Waals surface area contributed by atoms with Gasteiger partial charge in [0, 0.05) is 11.3 Å². The molecule has 0 aliphatic heterocycles. The molecule has 1 heterocycles. The lowest BCUT2D eigenvalue weighted by Gasteiger charge is -2.19. The van der Waals surface area contributed by atoms with Crippen molar-refractivity contribution in [1.29, 1.82) is 0 Å². The van der Waals surface area contributed by atoms with E-state index in [1.54, 1.807) is 0 Å². The third-order valence-electron chi connectivity index (χ3n) is 7.33. The van der Waals surface area contributed by atoms with Gasteiger partial charge in [0.15, 0.2) is 0 Å². The van der Waals surface area contributed by atoms with Gasteiger partial charge in [-0.25, -0.2) is 4.98 Å². The molecule has 0 N–H and O–H groups in total. The first-order chi connectivity index (χ1) is 18.2. The van der Waals surface area contributed by atoms with Crippen molar-refractivity contribution in [2.45, 2.75) is 13.3 Å². The predicted molar refractivity (Wildman–Crippen MR) is 158 cm³/mol. The number of hydrogen-bond donors (Lipinski definition) is 0. The Hall–Kier alpha value is -4.69. The number of aryl methyl sites for hydroxylation is 1. The van der Waals surface area contributed by atoms with Crippen LogP contribution >= 0.6 is 0 Å². The van der Waals surface area contributed by atoms with E-state index in [0.29, 0.717) is 0 Å². The number of fused-ring (bicyclic) bond motifs is 3. The first-order valence-electron chi connectivity index (χ1n) is 12.7. The van der Waals surface area contributed by atoms with Crippen LogP contribution in [0.25, 0.3) is 60.8 Å². The average Bonchev–Trinajstić information content (AvgIpc) is 3.31. The molecule has 0 radical (unpaired) electrons. The maximum absolute atomic E-state index is 5.26. The van der Waals surface area contributed by atoms with Crippen LogP contribution in [0.1, 0.15) is 12.0 Å². The fourth-order valence-electron chi connectivity index (χ4n) is 5.64. The van der Waals surface area contributed by atoms with Crippen LogP contribution in [-0.2, 0) is 0 Å². The first-order valence-corrected chi connectivity index (χ1v) is 12.7. The van der Waals surface area contributed by atoms with Crippen LogP contribution in [0.5, 0.6) is 0 Å². The highest BCUT2D eigenvalue weighted by atomic mass is 15.1. The van der Waals surface area contributed by atoms with Crippen molar-refractivity contribution in [2.24, 2.45) is 0 Å². The van der Waals surface area contributed by atoms with E-state index in [-0.39, 0.29) is 0 Å². The van der Waals surface area contributed by atoms with Crippen molar-refractivity contribution < 1.29 is 0 Å². The molecule has 0 bridgehead atoms. The zero-order valence-corrected chi connectivity index (χ0v) is 20.8. The van der Waals surface area contributed by atoms with Gasteiger partial charge in [-0.05, 0) is 75.9 Å². The molecule has 37 heavy (non-hydrogen) atoms. The van der Waals surface area contributed by atoms with Gasteiger partial charge in [0.05, 0.1) is 11.0 Å². The zero-order valence-electron chi connectivity index (χ0n) is 20.8. The minimum atomic E-state index is 0.878. The van der Waals surface area contributed by atoms with E-state index in [1.807, 2.05) is 0 Å². The SMILES string of the molecule is C=C1C=C(n2c(-c3c4ccccc4c(-c4ccc(C)cc4)c4ccccc34)nc3ccccc32)C=CC1. The average molecular weight is 475 g/mol. The smallest absolute Gasteiger partial charge is 0.146 e. The lowest BCUT2D eigenvalue weighted by molar-refractivity contribution is 1.13. The quantitative estimate of drug-likeness (QED) is 0.234. The van der Waals surface area contributed by atoms with Crippen molar-refractivity contribution in [1.82, 2.24) is 9.55 Å². The van der Waals surface area contributed by atoms with Crippen LogP contribution in [0.2, 0.25) is 0 Å². The number of benzene rings is 5. The van der Waals surface area contributed by atoms with Gasteiger partial charge in [-0.1, -0.05) is 103 Å². The molecular weight excluding hydrogens is 448 g/mol. The molecule has 0 unspecified atom stereocenters. The van der Waals surface area contributed by atoms with Crippen LogP contribution in [0, 0.1) is 6.92 Å². The highest BCUT2D eigenvalue weighted by Crippen LogP contribution is 2.44. The van der Waals surface area contributed by atoms with E-state index >= 15 is 0 Å². The van der Waals surface area contributed by atoms with Gasteiger partial charge in [0.2, 0.25) is 0 Å². The third-order valence-corrected chi connectivity index (χ3v) is 7.33. The third kappa shape index (κ3) is 3.45. The molecule has 0 saturated heterocycles. The Morgan fingerprint density at radius 2 is 1.30 bits per heavy atom. The number of rotatable bonds is 3. The van der Waals surface area contributed by atoms with E-state index in [2.05, 4.69) is 133 Å². The van der Waals surface area contributed by atoms with E-state index in [9.17, 15) is 0 Å². The van der Waals surface area contributed by atoms with Gasteiger partial charge >= 0.3 is 0 Å². The summed E-state index contributed by atoms with van der Waals surface area (Å²) in [6.07, 6.45) is 7.44. The minimum absolute atomic E-state index is 0.878. The summed E-state index contributed by atoms with van der Waals surface area (Å²) in [5, 5.41) is 4.87. The molecule has 2 nitrogen and oxygen atoms in total. The fourth-order valence-corrected chi connectivity index (χ4v) is 5.64. The summed E-state index contributed by atoms with van der Waals surface area (Å²) in [5.41, 5.74) is 9.19. The zero-order chi connectivity index (χ0) is 24.9. The number of nitrogens with zero attached hydrogens (tertiary/aromatic N) is 2. The van der Waals surface area contributed by atoms with Crippen molar-refractivity contribution in [3.05, 3.63) is 133 Å². The summed E-state index contributed by atoms with van der Waals surface area (Å²) >= 11 is 0. The second-order valence-electron chi connectivity index (χ2n) is 9.80. The molecule has 0 spiro atoms. The van der Waals surface area contributed by atoms with Gasteiger partial charge in [-0.15, -0.1) is 0 Å². The Balaban J connectivity index is 1.65. The highest BCUT2D eigenvalue weighted by Gasteiger charge is 2.22. The summed E-state index contributed by atoms with van der Waals surface area (Å²) in [6.45, 7) is 6.38. The number of aromatic nitrogens is 2. The number of para-hydroxylation sites is 2. The van der Waals surface area contributed by atoms with Crippen molar-refractivity contribution in [2.75, 3.05) is 0 Å². The summed E-state index contributed by atoms with van der Waals surface area (Å²) in [6, 6.07) is 34.8. The van der Waals surface area contributed by atoms with E-state index in [0.717, 1.165) is 40.1 Å². The molecule has 2 heteroatoms. The molecule has 0 fully saturated rings. The summed E-state index contributed by atoms with van der Waals surface area (Å²) in [4.78, 5) is 5.26. The van der Waals surface area contributed by atoms with E-state index < -0.39 is 0 Å². The summed E-state index contributed by atoms with van der Waals surface area (Å²) < 4.78 is 2.30. The van der Waals surface area contributed by atoms with Crippen LogP contribution in [0.15, 0.2) is 127 Å². The van der Waals surface area contributed by atoms with Gasteiger partial charge in [-0.2, -0.15) is 0 Å². The Morgan fingerprint density at radius 3 is 1.95 bits per heavy atom. The molecule has 176 valence electrons. The molecular formula is C35H26N2. The predicted octanol–water partition coefficient (Wildman–Crippen LogP) is 9.34. The normalized spacial score (nSPS) is 13.5. The van der Waals surface area contributed by atoms with Crippen molar-refractivity contribution in [3.8, 4) is 22.5 Å². The Labute approximate surface area is 216 Å². The van der Waals surface area contributed by atoms with Crippen LogP contribution in [0.3, 0.4) is 0 Å². The Morgan fingerprint density at radius 1 is 0.703 bits per heavy atom. The van der Waals surface area contributed by atoms with Crippen molar-refractivity contribution in [3.63, 3.8) is 0 Å². The molecule has 1 aliphatic carbocycles. The maximum Gasteiger partial charge on any atom is 0.146 e. The number of imidazole rings is 1. The molecule has 6 aromatic rings. The largest absolute Gasteiger partial charge is 0.292 e. The molecule has 0 saturated carbocycles. The number of hydrogen-bond acceptors (Lipinski definition) is 1. The monoisotopic (exact) mass is 474 g/mol. The van der Waals surface area contributed by atoms with Crippen LogP contribution < -0.4 is 0 Å². The molecule has 5 aromatic carbocycles. The summed E-state index contributed by atoms with van der Waals surface area (Å²) in [5.74, 6) is 0.953. The highest BCUT2D eigenvalue weighted by molar-refractivity contribution is 6.21. The summed E-state index contributed by atoms with van der Waals surface area (Å²) in [7, 11) is 0. The van der Waals surface area contributed by atoms with Crippen molar-refractivity contribution >= 4 is 38.3 Å². The fraction of sp³-hybridized carbons (Fsp3) is 0.0571. The van der Waals surface area contributed by atoms with Crippen LogP contribution in [0.4, 0.5) is 0 Å². The number of allylic oxidation sites excluding steroid dienone is 5. The second kappa shape index (κ2) is 8.46. The van der Waals surface area contributed by atoms with Gasteiger partial charge in [0.25, 0.3) is 0 Å². The molecule has 0 amide bonds. The standard InChI is InChI=1S/C35H26N2/c1-23-18-20-25(21-19-23)33-27-12-3-5-14-29(27)34(30-15-6-4-13-28(30)33)35-36-31-16-7-8-17-32(31)37(35)26-11-9-10-24(2)22-26/h3-9,11-22H,2,10H2,1H3. The maximum atomic E-state index is 5.26. The van der Waals surface area contributed by atoms with E-state index in [4.69, 9.17) is 4.98 Å². The second-order valence-corrected chi connectivity index (χ2v) is 9.80. The molecule has 7 rings (SSSR count). The van der Waals surface area contributed by atoms with Crippen LogP contribution in [-0.4, -0.2) is 9.55 Å². The van der Waals surface area contributed by atoms with Gasteiger partial charge < -0.3 is 0 Å². The topological polar surface area (TPSA) is 17.8 Å². The molecule has 1 aromatic heterocycles. The first kappa shape index (κ1) is 21.6.